The van der Waals surface area contributed by atoms with Gasteiger partial charge in [0.1, 0.15) is 4.90 Å². The maximum absolute atomic E-state index is 12.5. The van der Waals surface area contributed by atoms with Gasteiger partial charge in [0, 0.05) is 5.56 Å². The highest BCUT2D eigenvalue weighted by Crippen LogP contribution is 2.28. The second kappa shape index (κ2) is 4.30. The summed E-state index contributed by atoms with van der Waals surface area (Å²) in [6.45, 7) is 1.33. The van der Waals surface area contributed by atoms with Crippen LogP contribution in [0.25, 0.3) is 0 Å². The first-order valence-electron chi connectivity index (χ1n) is 4.14. The van der Waals surface area contributed by atoms with Crippen LogP contribution in [0.15, 0.2) is 11.0 Å². The lowest BCUT2D eigenvalue weighted by atomic mass is 10.2. The smallest absolute Gasteiger partial charge is 0.265 e. The Bertz CT molecular complexity index is 502. The van der Waals surface area contributed by atoms with Gasteiger partial charge in [0.25, 0.3) is 6.43 Å². The summed E-state index contributed by atoms with van der Waals surface area (Å²) in [6.07, 6.45) is -2.82. The molecule has 0 spiro atoms. The SMILES string of the molecule is COc1nc(C)c(C(F)F)cc1S(N)(=O)=O. The molecule has 0 atom stereocenters. The van der Waals surface area contributed by atoms with Gasteiger partial charge >= 0.3 is 0 Å². The Hall–Kier alpha value is -1.28. The molecule has 0 amide bonds. The Morgan fingerprint density at radius 3 is 2.44 bits per heavy atom. The van der Waals surface area contributed by atoms with Crippen molar-refractivity contribution < 1.29 is 21.9 Å². The molecule has 0 saturated carbocycles. The molecule has 0 aliphatic rings. The molecule has 2 N–H and O–H groups in total. The minimum Gasteiger partial charge on any atom is -0.480 e. The molecule has 8 heteroatoms. The van der Waals surface area contributed by atoms with Gasteiger partial charge in [0.2, 0.25) is 15.9 Å². The number of methoxy groups -OCH3 is 1. The number of pyridine rings is 1. The molecular weight excluding hydrogens is 242 g/mol. The molecule has 1 aromatic heterocycles. The van der Waals surface area contributed by atoms with Crippen LogP contribution in [0.4, 0.5) is 8.78 Å². The fourth-order valence-corrected chi connectivity index (χ4v) is 1.81. The molecule has 1 heterocycles. The van der Waals surface area contributed by atoms with Crippen LogP contribution in [0, 0.1) is 6.92 Å². The molecule has 0 aromatic carbocycles. The van der Waals surface area contributed by atoms with Crippen LogP contribution in [-0.2, 0) is 10.0 Å². The van der Waals surface area contributed by atoms with Gasteiger partial charge in [-0.25, -0.2) is 27.3 Å². The fourth-order valence-electron chi connectivity index (χ4n) is 1.15. The van der Waals surface area contributed by atoms with E-state index in [9.17, 15) is 17.2 Å². The van der Waals surface area contributed by atoms with Crippen LogP contribution in [-0.4, -0.2) is 20.5 Å². The number of sulfonamides is 1. The molecule has 0 aliphatic carbocycles. The number of aromatic nitrogens is 1. The zero-order valence-electron chi connectivity index (χ0n) is 8.57. The van der Waals surface area contributed by atoms with Crippen LogP contribution in [0.1, 0.15) is 17.7 Å². The quantitative estimate of drug-likeness (QED) is 0.869. The van der Waals surface area contributed by atoms with Crippen molar-refractivity contribution in [1.29, 1.82) is 0 Å². The van der Waals surface area contributed by atoms with Crippen molar-refractivity contribution in [1.82, 2.24) is 4.98 Å². The maximum atomic E-state index is 12.5. The number of alkyl halides is 2. The Morgan fingerprint density at radius 2 is 2.06 bits per heavy atom. The first-order valence-corrected chi connectivity index (χ1v) is 5.68. The number of hydrogen-bond donors (Lipinski definition) is 1. The Morgan fingerprint density at radius 1 is 1.50 bits per heavy atom. The average Bonchev–Trinajstić information content (AvgIpc) is 2.14. The van der Waals surface area contributed by atoms with Gasteiger partial charge in [-0.15, -0.1) is 0 Å². The molecule has 1 aromatic rings. The van der Waals surface area contributed by atoms with E-state index in [1.807, 2.05) is 0 Å². The first kappa shape index (κ1) is 12.8. The zero-order chi connectivity index (χ0) is 12.5. The molecule has 0 unspecified atom stereocenters. The van der Waals surface area contributed by atoms with Gasteiger partial charge in [-0.1, -0.05) is 0 Å². The summed E-state index contributed by atoms with van der Waals surface area (Å²) in [4.78, 5) is 3.07. The number of primary sulfonamides is 1. The van der Waals surface area contributed by atoms with E-state index in [1.165, 1.54) is 14.0 Å². The van der Waals surface area contributed by atoms with Gasteiger partial charge in [0.15, 0.2) is 0 Å². The third kappa shape index (κ3) is 2.45. The molecule has 0 aliphatic heterocycles. The Kier molecular flexibility index (Phi) is 3.44. The largest absolute Gasteiger partial charge is 0.480 e. The number of nitrogens with zero attached hydrogens (tertiary/aromatic N) is 1. The summed E-state index contributed by atoms with van der Waals surface area (Å²) in [5.74, 6) is -0.288. The standard InChI is InChI=1S/C8H10F2N2O3S/c1-4-5(7(9)10)3-6(16(11,13)14)8(12-4)15-2/h3,7H,1-2H3,(H2,11,13,14). The van der Waals surface area contributed by atoms with E-state index in [0.717, 1.165) is 6.07 Å². The van der Waals surface area contributed by atoms with Crippen molar-refractivity contribution in [3.8, 4) is 5.88 Å². The molecule has 90 valence electrons. The van der Waals surface area contributed by atoms with Crippen molar-refractivity contribution >= 4 is 10.0 Å². The highest BCUT2D eigenvalue weighted by atomic mass is 32.2. The lowest BCUT2D eigenvalue weighted by molar-refractivity contribution is 0.149. The van der Waals surface area contributed by atoms with Gasteiger partial charge in [-0.3, -0.25) is 0 Å². The third-order valence-electron chi connectivity index (χ3n) is 1.92. The van der Waals surface area contributed by atoms with Gasteiger partial charge in [-0.05, 0) is 13.0 Å². The summed E-state index contributed by atoms with van der Waals surface area (Å²) in [5.41, 5.74) is -0.482. The number of aryl methyl sites for hydroxylation is 1. The summed E-state index contributed by atoms with van der Waals surface area (Å²) in [7, 11) is -2.96. The Labute approximate surface area is 91.3 Å². The molecule has 0 saturated heterocycles. The molecule has 0 fully saturated rings. The topological polar surface area (TPSA) is 82.3 Å². The van der Waals surface area contributed by atoms with Crippen molar-refractivity contribution in [2.45, 2.75) is 18.2 Å². The number of rotatable bonds is 3. The minimum atomic E-state index is -4.14. The summed E-state index contributed by atoms with van der Waals surface area (Å²) >= 11 is 0. The second-order valence-corrected chi connectivity index (χ2v) is 4.55. The minimum absolute atomic E-state index is 0.000694. The van der Waals surface area contributed by atoms with Crippen LogP contribution in [0.5, 0.6) is 5.88 Å². The van der Waals surface area contributed by atoms with E-state index in [1.54, 1.807) is 0 Å². The average molecular weight is 252 g/mol. The third-order valence-corrected chi connectivity index (χ3v) is 2.82. The summed E-state index contributed by atoms with van der Waals surface area (Å²) < 4.78 is 51.9. The van der Waals surface area contributed by atoms with Crippen LogP contribution in [0.3, 0.4) is 0 Å². The number of hydrogen-bond acceptors (Lipinski definition) is 4. The van der Waals surface area contributed by atoms with E-state index in [0.29, 0.717) is 0 Å². The fraction of sp³-hybridized carbons (Fsp3) is 0.375. The van der Waals surface area contributed by atoms with Crippen molar-refractivity contribution in [3.05, 3.63) is 17.3 Å². The predicted octanol–water partition coefficient (Wildman–Crippen LogP) is 0.984. The summed E-state index contributed by atoms with van der Waals surface area (Å²) in [5, 5.41) is 4.86. The van der Waals surface area contributed by atoms with E-state index in [-0.39, 0.29) is 11.6 Å². The molecule has 0 radical (unpaired) electrons. The molecule has 0 bridgehead atoms. The lowest BCUT2D eigenvalue weighted by Crippen LogP contribution is -2.15. The maximum Gasteiger partial charge on any atom is 0.265 e. The van der Waals surface area contributed by atoms with Crippen molar-refractivity contribution in [2.75, 3.05) is 7.11 Å². The zero-order valence-corrected chi connectivity index (χ0v) is 9.38. The number of halogens is 2. The number of nitrogens with two attached hydrogens (primary N) is 1. The van der Waals surface area contributed by atoms with E-state index in [2.05, 4.69) is 9.72 Å². The highest BCUT2D eigenvalue weighted by Gasteiger charge is 2.22. The molecule has 16 heavy (non-hydrogen) atoms. The van der Waals surface area contributed by atoms with E-state index < -0.39 is 26.9 Å². The highest BCUT2D eigenvalue weighted by molar-refractivity contribution is 7.89. The predicted molar refractivity (Wildman–Crippen MR) is 51.9 cm³/mol. The van der Waals surface area contributed by atoms with Crippen LogP contribution < -0.4 is 9.88 Å². The van der Waals surface area contributed by atoms with Gasteiger partial charge in [-0.2, -0.15) is 0 Å². The number of ether oxygens (including phenoxy) is 1. The van der Waals surface area contributed by atoms with Crippen LogP contribution >= 0.6 is 0 Å². The first-order chi connectivity index (χ1) is 7.27. The van der Waals surface area contributed by atoms with E-state index >= 15 is 0 Å². The normalized spacial score (nSPS) is 11.9. The monoisotopic (exact) mass is 252 g/mol. The van der Waals surface area contributed by atoms with Gasteiger partial charge < -0.3 is 4.74 Å². The second-order valence-electron chi connectivity index (χ2n) is 3.02. The Balaban J connectivity index is 3.53. The van der Waals surface area contributed by atoms with E-state index in [4.69, 9.17) is 5.14 Å². The molecule has 5 nitrogen and oxygen atoms in total. The molecule has 1 rings (SSSR count). The van der Waals surface area contributed by atoms with Crippen molar-refractivity contribution in [2.24, 2.45) is 5.14 Å². The summed E-state index contributed by atoms with van der Waals surface area (Å²) in [6, 6.07) is 0.779. The van der Waals surface area contributed by atoms with Gasteiger partial charge in [0.05, 0.1) is 12.8 Å². The van der Waals surface area contributed by atoms with Crippen LogP contribution in [0.2, 0.25) is 0 Å². The van der Waals surface area contributed by atoms with Crippen molar-refractivity contribution in [3.63, 3.8) is 0 Å². The molecular formula is C8H10F2N2O3S. The lowest BCUT2D eigenvalue weighted by Gasteiger charge is -2.10.